The fraction of sp³-hybridized carbons (Fsp3) is 1.00. The molecule has 0 nitrogen and oxygen atoms in total. The second-order valence-corrected chi connectivity index (χ2v) is 12.8. The van der Waals surface area contributed by atoms with Crippen molar-refractivity contribution in [2.24, 2.45) is 0 Å². The first-order valence-electron chi connectivity index (χ1n) is 3.71. The molecule has 0 atom stereocenters. The molecule has 0 rings (SSSR count). The third-order valence-corrected chi connectivity index (χ3v) is 4.87. The van der Waals surface area contributed by atoms with Crippen LogP contribution in [0.2, 0.25) is 44.8 Å². The van der Waals surface area contributed by atoms with Gasteiger partial charge in [0.05, 0.1) is 0 Å². The van der Waals surface area contributed by atoms with Crippen molar-refractivity contribution >= 4 is 16.9 Å². The molecule has 55 valence electrons. The van der Waals surface area contributed by atoms with Gasteiger partial charge in [-0.3, -0.25) is 0 Å². The summed E-state index contributed by atoms with van der Waals surface area (Å²) in [5, 5.41) is 0. The lowest BCUT2D eigenvalue weighted by molar-refractivity contribution is 1.31. The summed E-state index contributed by atoms with van der Waals surface area (Å²) in [6.07, 6.45) is 0. The zero-order valence-corrected chi connectivity index (χ0v) is 9.41. The van der Waals surface area contributed by atoms with Gasteiger partial charge in [0.1, 0.15) is 0 Å². The molecule has 0 fully saturated rings. The third-order valence-electron chi connectivity index (χ3n) is 1.37. The van der Waals surface area contributed by atoms with Crippen LogP contribution in [0.3, 0.4) is 0 Å². The van der Waals surface area contributed by atoms with Crippen LogP contribution in [0.5, 0.6) is 0 Å². The second-order valence-electron chi connectivity index (χ2n) is 4.27. The van der Waals surface area contributed by atoms with Crippen molar-refractivity contribution < 1.29 is 0 Å². The summed E-state index contributed by atoms with van der Waals surface area (Å²) in [7, 11) is -0.627. The van der Waals surface area contributed by atoms with Gasteiger partial charge in [-0.05, 0) is 0 Å². The molecule has 0 bridgehead atoms. The highest BCUT2D eigenvalue weighted by atomic mass is 28.3. The minimum atomic E-state index is -0.695. The van der Waals surface area contributed by atoms with Crippen LogP contribution in [0.15, 0.2) is 0 Å². The molecule has 2 heteroatoms. The van der Waals surface area contributed by atoms with Gasteiger partial charge in [0.2, 0.25) is 0 Å². The average molecular weight is 159 g/mol. The minimum absolute atomic E-state index is 0.0672. The molecule has 0 N–H and O–H groups in total. The molecule has 0 spiro atoms. The summed E-state index contributed by atoms with van der Waals surface area (Å²) in [4.78, 5) is 0. The van der Waals surface area contributed by atoms with E-state index in [0.717, 1.165) is 0 Å². The Bertz CT molecular complexity index is 71.5. The molecule has 0 aliphatic rings. The van der Waals surface area contributed by atoms with Gasteiger partial charge in [-0.15, -0.1) is 0 Å². The molecule has 0 amide bonds. The van der Waals surface area contributed by atoms with Crippen molar-refractivity contribution in [1.82, 2.24) is 0 Å². The first kappa shape index (κ1) is 9.43. The topological polar surface area (TPSA) is 0 Å². The van der Waals surface area contributed by atoms with E-state index >= 15 is 0 Å². The van der Waals surface area contributed by atoms with Crippen LogP contribution in [0.4, 0.5) is 0 Å². The summed E-state index contributed by atoms with van der Waals surface area (Å²) in [5.74, 6) is 0. The highest BCUT2D eigenvalue weighted by Gasteiger charge is 2.12. The molecule has 1 radical (unpaired) electrons. The van der Waals surface area contributed by atoms with Crippen molar-refractivity contribution in [3.05, 3.63) is 0 Å². The van der Waals surface area contributed by atoms with Gasteiger partial charge >= 0.3 is 0 Å². The largest absolute Gasteiger partial charge is 0.0713 e. The SMILES string of the molecule is C[Si](C)CC[Si](C)(C)C. The van der Waals surface area contributed by atoms with Crippen LogP contribution in [-0.2, 0) is 0 Å². The van der Waals surface area contributed by atoms with Crippen molar-refractivity contribution in [2.75, 3.05) is 0 Å². The van der Waals surface area contributed by atoms with Crippen molar-refractivity contribution in [2.45, 2.75) is 44.8 Å². The fourth-order valence-electron chi connectivity index (χ4n) is 0.625. The van der Waals surface area contributed by atoms with Crippen molar-refractivity contribution in [1.29, 1.82) is 0 Å². The van der Waals surface area contributed by atoms with Crippen molar-refractivity contribution in [3.8, 4) is 0 Å². The predicted molar refractivity (Wildman–Crippen MR) is 50.4 cm³/mol. The summed E-state index contributed by atoms with van der Waals surface area (Å²) < 4.78 is 0. The Balaban J connectivity index is 3.28. The van der Waals surface area contributed by atoms with Crippen molar-refractivity contribution in [3.63, 3.8) is 0 Å². The molecular weight excluding hydrogens is 140 g/mol. The molecule has 0 aromatic rings. The van der Waals surface area contributed by atoms with E-state index in [1.807, 2.05) is 0 Å². The van der Waals surface area contributed by atoms with E-state index in [4.69, 9.17) is 0 Å². The highest BCUT2D eigenvalue weighted by molar-refractivity contribution is 6.77. The van der Waals surface area contributed by atoms with E-state index in [2.05, 4.69) is 32.7 Å². The molecule has 0 aromatic carbocycles. The van der Waals surface area contributed by atoms with Crippen LogP contribution in [-0.4, -0.2) is 16.9 Å². The molecule has 0 aliphatic carbocycles. The lowest BCUT2D eigenvalue weighted by atomic mass is 10.9. The maximum Gasteiger partial charge on any atom is 0.0439 e. The monoisotopic (exact) mass is 159 g/mol. The number of hydrogen-bond donors (Lipinski definition) is 0. The van der Waals surface area contributed by atoms with Gasteiger partial charge in [0.25, 0.3) is 0 Å². The zero-order valence-electron chi connectivity index (χ0n) is 7.41. The molecule has 0 aromatic heterocycles. The first-order chi connectivity index (χ1) is 3.92. The Kier molecular flexibility index (Phi) is 3.74. The van der Waals surface area contributed by atoms with Gasteiger partial charge in [0, 0.05) is 16.9 Å². The third kappa shape index (κ3) is 8.43. The Morgan fingerprint density at radius 2 is 1.56 bits per heavy atom. The Morgan fingerprint density at radius 3 is 1.67 bits per heavy atom. The summed E-state index contributed by atoms with van der Waals surface area (Å²) in [5.41, 5.74) is 0. The summed E-state index contributed by atoms with van der Waals surface area (Å²) in [6, 6.07) is 3.06. The summed E-state index contributed by atoms with van der Waals surface area (Å²) >= 11 is 0. The Morgan fingerprint density at radius 1 is 1.11 bits per heavy atom. The standard InChI is InChI=1S/C7H19Si2/c1-8(2)6-7-9(3,4)5/h6-7H2,1-5H3. The van der Waals surface area contributed by atoms with Crippen LogP contribution in [0, 0.1) is 0 Å². The molecule has 0 heterocycles. The van der Waals surface area contributed by atoms with Crippen LogP contribution in [0.25, 0.3) is 0 Å². The van der Waals surface area contributed by atoms with E-state index in [0.29, 0.717) is 0 Å². The second kappa shape index (κ2) is 3.57. The fourth-order valence-corrected chi connectivity index (χ4v) is 5.62. The Hall–Kier alpha value is 0.434. The maximum absolute atomic E-state index is 2.46. The molecule has 0 saturated carbocycles. The average Bonchev–Trinajstić information content (AvgIpc) is 1.59. The van der Waals surface area contributed by atoms with Gasteiger partial charge in [-0.2, -0.15) is 0 Å². The quantitative estimate of drug-likeness (QED) is 0.555. The molecular formula is C7H19Si2. The van der Waals surface area contributed by atoms with Crippen LogP contribution in [0.1, 0.15) is 0 Å². The van der Waals surface area contributed by atoms with E-state index in [1.165, 1.54) is 12.1 Å². The molecule has 0 saturated heterocycles. The minimum Gasteiger partial charge on any atom is -0.0713 e. The molecule has 0 unspecified atom stereocenters. The van der Waals surface area contributed by atoms with E-state index < -0.39 is 8.07 Å². The predicted octanol–water partition coefficient (Wildman–Crippen LogP) is 3.08. The highest BCUT2D eigenvalue weighted by Crippen LogP contribution is 2.12. The smallest absolute Gasteiger partial charge is 0.0439 e. The van der Waals surface area contributed by atoms with Gasteiger partial charge in [-0.25, -0.2) is 0 Å². The molecule has 9 heavy (non-hydrogen) atoms. The maximum atomic E-state index is 2.46. The lowest BCUT2D eigenvalue weighted by Crippen LogP contribution is -2.20. The van der Waals surface area contributed by atoms with E-state index in [-0.39, 0.29) is 8.80 Å². The van der Waals surface area contributed by atoms with Crippen LogP contribution < -0.4 is 0 Å². The van der Waals surface area contributed by atoms with Gasteiger partial charge < -0.3 is 0 Å². The van der Waals surface area contributed by atoms with Gasteiger partial charge in [0.15, 0.2) is 0 Å². The van der Waals surface area contributed by atoms with E-state index in [9.17, 15) is 0 Å². The number of rotatable bonds is 3. The van der Waals surface area contributed by atoms with E-state index in [1.54, 1.807) is 0 Å². The van der Waals surface area contributed by atoms with Gasteiger partial charge in [-0.1, -0.05) is 44.8 Å². The lowest BCUT2D eigenvalue weighted by Gasteiger charge is -2.15. The van der Waals surface area contributed by atoms with Crippen LogP contribution >= 0.6 is 0 Å². The number of hydrogen-bond acceptors (Lipinski definition) is 0. The molecule has 0 aliphatic heterocycles. The zero-order chi connectivity index (χ0) is 7.49. The summed E-state index contributed by atoms with van der Waals surface area (Å²) in [6.45, 7) is 12.2. The first-order valence-corrected chi connectivity index (χ1v) is 10.1. The normalized spacial score (nSPS) is 12.7. The Labute approximate surface area is 62.3 Å².